The van der Waals surface area contributed by atoms with Crippen LogP contribution < -0.4 is 16.0 Å². The number of carbonyl (C=O) groups is 6. The van der Waals surface area contributed by atoms with Gasteiger partial charge in [0, 0.05) is 27.2 Å². The van der Waals surface area contributed by atoms with Gasteiger partial charge in [0.25, 0.3) is 0 Å². The highest BCUT2D eigenvalue weighted by molar-refractivity contribution is 5.97. The summed E-state index contributed by atoms with van der Waals surface area (Å²) in [4.78, 5) is 91.3. The summed E-state index contributed by atoms with van der Waals surface area (Å²) in [6, 6.07) is -5.14. The molecule has 0 aromatic rings. The van der Waals surface area contributed by atoms with E-state index in [0.29, 0.717) is 19.3 Å². The Balaban J connectivity index is 1.76. The van der Waals surface area contributed by atoms with Gasteiger partial charge in [-0.2, -0.15) is 0 Å². The fourth-order valence-corrected chi connectivity index (χ4v) is 8.86. The third kappa shape index (κ3) is 8.54. The topological polar surface area (TPSA) is 151 Å². The van der Waals surface area contributed by atoms with Crippen LogP contribution in [0.15, 0.2) is 0 Å². The van der Waals surface area contributed by atoms with Crippen molar-refractivity contribution < 1.29 is 28.8 Å². The van der Waals surface area contributed by atoms with E-state index in [1.165, 1.54) is 16.8 Å². The molecule has 1 heterocycles. The lowest BCUT2D eigenvalue weighted by molar-refractivity contribution is -0.148. The highest BCUT2D eigenvalue weighted by atomic mass is 16.2. The Morgan fingerprint density at radius 3 is 1.53 bits per heavy atom. The van der Waals surface area contributed by atoms with Crippen LogP contribution in [0.4, 0.5) is 0 Å². The predicted molar refractivity (Wildman–Crippen MR) is 204 cm³/mol. The van der Waals surface area contributed by atoms with Crippen LogP contribution in [0, 0.1) is 47.3 Å². The second-order valence-corrected chi connectivity index (χ2v) is 18.3. The molecule has 3 aliphatic carbocycles. The molecule has 4 aliphatic rings. The molecule has 0 spiro atoms. The first kappa shape index (κ1) is 42.5. The zero-order valence-corrected chi connectivity index (χ0v) is 35.0. The summed E-state index contributed by atoms with van der Waals surface area (Å²) in [6.45, 7) is 21.6. The normalized spacial score (nSPS) is 41.2. The third-order valence-corrected chi connectivity index (χ3v) is 13.9. The Morgan fingerprint density at radius 2 is 1.06 bits per heavy atom. The molecule has 0 aromatic heterocycles. The van der Waals surface area contributed by atoms with E-state index in [0.717, 1.165) is 0 Å². The largest absolute Gasteiger partial charge is 0.343 e. The molecule has 13 heteroatoms. The number of carbonyl (C=O) groups excluding carboxylic acids is 6. The molecule has 3 N–H and O–H groups in total. The Bertz CT molecular complexity index is 1420. The van der Waals surface area contributed by atoms with Crippen molar-refractivity contribution in [3.63, 3.8) is 0 Å². The van der Waals surface area contributed by atoms with E-state index >= 15 is 0 Å². The number of nitrogens with one attached hydrogen (secondary N) is 3. The van der Waals surface area contributed by atoms with E-state index in [4.69, 9.17) is 0 Å². The van der Waals surface area contributed by atoms with Crippen LogP contribution >= 0.6 is 0 Å². The van der Waals surface area contributed by atoms with Gasteiger partial charge in [0.05, 0.1) is 11.6 Å². The second kappa shape index (κ2) is 15.9. The van der Waals surface area contributed by atoms with Crippen LogP contribution in [-0.4, -0.2) is 131 Å². The van der Waals surface area contributed by atoms with Crippen molar-refractivity contribution in [1.29, 1.82) is 0 Å². The van der Waals surface area contributed by atoms with E-state index in [9.17, 15) is 28.8 Å². The number of hydrogen-bond donors (Lipinski definition) is 3. The van der Waals surface area contributed by atoms with Crippen molar-refractivity contribution in [2.75, 3.05) is 28.2 Å². The van der Waals surface area contributed by atoms with Crippen molar-refractivity contribution in [3.05, 3.63) is 0 Å². The van der Waals surface area contributed by atoms with Crippen LogP contribution in [0.3, 0.4) is 0 Å². The van der Waals surface area contributed by atoms with Crippen molar-refractivity contribution in [2.45, 2.75) is 143 Å². The van der Waals surface area contributed by atoms with Gasteiger partial charge in [-0.15, -0.1) is 0 Å². The highest BCUT2D eigenvalue weighted by Gasteiger charge is 2.61. The maximum absolute atomic E-state index is 14.5. The first-order valence-corrected chi connectivity index (χ1v) is 19.9. The molecule has 53 heavy (non-hydrogen) atoms. The molecule has 12 atom stereocenters. The van der Waals surface area contributed by atoms with Gasteiger partial charge in [-0.3, -0.25) is 33.7 Å². The van der Waals surface area contributed by atoms with Crippen LogP contribution in [0.25, 0.3) is 0 Å². The molecule has 4 rings (SSSR count). The van der Waals surface area contributed by atoms with E-state index in [1.54, 1.807) is 32.8 Å². The lowest BCUT2D eigenvalue weighted by Gasteiger charge is -2.36. The van der Waals surface area contributed by atoms with E-state index in [2.05, 4.69) is 62.4 Å². The first-order valence-electron chi connectivity index (χ1n) is 19.9. The summed E-state index contributed by atoms with van der Waals surface area (Å²) in [6.07, 6.45) is 1.53. The molecule has 6 amide bonds. The number of amides is 6. The molecular formula is C40H69N7O6. The summed E-state index contributed by atoms with van der Waals surface area (Å²) in [5, 5.41) is 9.10. The lowest BCUT2D eigenvalue weighted by Crippen LogP contribution is -2.59. The van der Waals surface area contributed by atoms with Crippen LogP contribution in [0.5, 0.6) is 0 Å². The molecular weight excluding hydrogens is 674 g/mol. The van der Waals surface area contributed by atoms with Crippen LogP contribution in [0.1, 0.15) is 95.4 Å². The fraction of sp³-hybridized carbons (Fsp3) is 0.850. The standard InChI is InChI=1S/C40H69N7O6/c1-19(2)16-27-35(49)42-33(31-23(7)24(31)8)39(53)47(15)40(11)18-29(40)46(14)28(17-20(3)4)36(50)43-32(30-21(5)22(30)6)38(52)45(13)26(10)37(51)44(12)25(9)34(48)41-27/h19-33H,16-18H2,1-15H3,(H,41,48)(H,42,49)(H,43,50)/t21-,22-,23-,24-,25+,26-,27+,28-,29?,32-,33+,40?/m0/s1. The molecule has 0 aromatic carbocycles. The summed E-state index contributed by atoms with van der Waals surface area (Å²) < 4.78 is 0. The van der Waals surface area contributed by atoms with Gasteiger partial charge in [-0.05, 0) is 94.4 Å². The SMILES string of the molecule is CC(C)C[C@H]1NC(=O)[C@@H](C)N(C)C(=O)[C@H](C)N(C)C(=O)[C@H](C2[C@@H](C)[C@@H]2C)NC(=O)[C@H](CC(C)C)N(C)C2CC2(C)N(C)C(=O)[C@@H](C2[C@@H](C)[C@@H]2C)NC1=O. The number of likely N-dealkylation sites (N-methyl/N-ethyl adjacent to an activating group) is 4. The van der Waals surface area contributed by atoms with Crippen LogP contribution in [0.2, 0.25) is 0 Å². The molecule has 3 saturated carbocycles. The summed E-state index contributed by atoms with van der Waals surface area (Å²) in [5.74, 6) is -1.27. The Kier molecular flexibility index (Phi) is 12.7. The predicted octanol–water partition coefficient (Wildman–Crippen LogP) is 2.33. The first-order chi connectivity index (χ1) is 24.5. The molecule has 13 nitrogen and oxygen atoms in total. The molecule has 4 fully saturated rings. The van der Waals surface area contributed by atoms with Crippen LogP contribution in [-0.2, 0) is 28.8 Å². The van der Waals surface area contributed by atoms with Gasteiger partial charge < -0.3 is 30.7 Å². The van der Waals surface area contributed by atoms with Crippen molar-refractivity contribution in [3.8, 4) is 0 Å². The minimum absolute atomic E-state index is 0.0482. The minimum atomic E-state index is -0.963. The number of fused-ring (bicyclic) bond motifs is 1. The van der Waals surface area contributed by atoms with Gasteiger partial charge in [0.2, 0.25) is 35.4 Å². The van der Waals surface area contributed by atoms with E-state index < -0.39 is 59.5 Å². The van der Waals surface area contributed by atoms with Gasteiger partial charge in [-0.25, -0.2) is 0 Å². The van der Waals surface area contributed by atoms with E-state index in [-0.39, 0.29) is 71.1 Å². The molecule has 0 bridgehead atoms. The zero-order valence-electron chi connectivity index (χ0n) is 35.0. The average Bonchev–Trinajstić information content (AvgIpc) is 4.05. The maximum atomic E-state index is 14.5. The van der Waals surface area contributed by atoms with Gasteiger partial charge in [0.1, 0.15) is 30.2 Å². The second-order valence-electron chi connectivity index (χ2n) is 18.3. The van der Waals surface area contributed by atoms with Crippen molar-refractivity contribution >= 4 is 35.4 Å². The van der Waals surface area contributed by atoms with Crippen molar-refractivity contribution in [1.82, 2.24) is 35.6 Å². The number of nitrogens with zero attached hydrogens (tertiary/aromatic N) is 4. The molecule has 300 valence electrons. The average molecular weight is 744 g/mol. The molecule has 2 unspecified atom stereocenters. The number of hydrogen-bond acceptors (Lipinski definition) is 7. The Labute approximate surface area is 318 Å². The summed E-state index contributed by atoms with van der Waals surface area (Å²) in [5.41, 5.74) is -0.596. The van der Waals surface area contributed by atoms with E-state index in [1.807, 2.05) is 27.8 Å². The van der Waals surface area contributed by atoms with Gasteiger partial charge in [-0.1, -0.05) is 55.4 Å². The third-order valence-electron chi connectivity index (χ3n) is 13.9. The van der Waals surface area contributed by atoms with Gasteiger partial charge >= 0.3 is 0 Å². The zero-order chi connectivity index (χ0) is 40.2. The smallest absolute Gasteiger partial charge is 0.245 e. The summed E-state index contributed by atoms with van der Waals surface area (Å²) >= 11 is 0. The highest BCUT2D eigenvalue weighted by Crippen LogP contribution is 2.51. The molecule has 0 radical (unpaired) electrons. The van der Waals surface area contributed by atoms with Crippen molar-refractivity contribution in [2.24, 2.45) is 47.3 Å². The number of rotatable bonds is 6. The monoisotopic (exact) mass is 744 g/mol. The fourth-order valence-electron chi connectivity index (χ4n) is 8.86. The van der Waals surface area contributed by atoms with Gasteiger partial charge in [0.15, 0.2) is 0 Å². The summed E-state index contributed by atoms with van der Waals surface area (Å²) in [7, 11) is 6.78. The minimum Gasteiger partial charge on any atom is -0.343 e. The molecule has 1 aliphatic heterocycles. The Morgan fingerprint density at radius 1 is 0.604 bits per heavy atom. The molecule has 1 saturated heterocycles. The Hall–Kier alpha value is -3.22. The quantitative estimate of drug-likeness (QED) is 0.378. The maximum Gasteiger partial charge on any atom is 0.245 e. The lowest BCUT2D eigenvalue weighted by atomic mass is 9.99.